The Hall–Kier alpha value is -2.18. The number of aryl methyl sites for hydroxylation is 3. The molecule has 3 aromatic rings. The van der Waals surface area contributed by atoms with Crippen molar-refractivity contribution in [1.29, 1.82) is 0 Å². The smallest absolute Gasteiger partial charge is 0.250 e. The maximum Gasteiger partial charge on any atom is 0.250 e. The Morgan fingerprint density at radius 2 is 1.96 bits per heavy atom. The molecule has 6 heteroatoms. The van der Waals surface area contributed by atoms with E-state index in [0.717, 1.165) is 31.2 Å². The van der Waals surface area contributed by atoms with Crippen LogP contribution in [-0.2, 0) is 4.79 Å². The van der Waals surface area contributed by atoms with Crippen molar-refractivity contribution in [3.8, 4) is 0 Å². The highest BCUT2D eigenvalue weighted by Gasteiger charge is 2.07. The van der Waals surface area contributed by atoms with Crippen LogP contribution in [0.2, 0.25) is 0 Å². The summed E-state index contributed by atoms with van der Waals surface area (Å²) >= 11 is 3.03. The van der Waals surface area contributed by atoms with E-state index >= 15 is 0 Å². The molecule has 0 atom stereocenters. The van der Waals surface area contributed by atoms with Gasteiger partial charge in [0, 0.05) is 5.56 Å². The van der Waals surface area contributed by atoms with Gasteiger partial charge >= 0.3 is 0 Å². The van der Waals surface area contributed by atoms with E-state index < -0.39 is 0 Å². The lowest BCUT2D eigenvalue weighted by Crippen LogP contribution is -2.19. The average molecular weight is 370 g/mol. The predicted octanol–water partition coefficient (Wildman–Crippen LogP) is 4.46. The van der Waals surface area contributed by atoms with E-state index in [-0.39, 0.29) is 5.91 Å². The molecule has 0 radical (unpaired) electrons. The Kier molecular flexibility index (Phi) is 5.50. The van der Waals surface area contributed by atoms with Crippen LogP contribution in [0.5, 0.6) is 0 Å². The first-order valence-corrected chi connectivity index (χ1v) is 9.71. The fourth-order valence-corrected chi connectivity index (χ4v) is 4.50. The maximum absolute atomic E-state index is 12.0. The summed E-state index contributed by atoms with van der Waals surface area (Å²) < 4.78 is 2.03. The van der Waals surface area contributed by atoms with Gasteiger partial charge in [0.15, 0.2) is 4.34 Å². The fraction of sp³-hybridized carbons (Fsp3) is 0.211. The highest BCUT2D eigenvalue weighted by Crippen LogP contribution is 2.28. The largest absolute Gasteiger partial charge is 0.272 e. The van der Waals surface area contributed by atoms with Crippen molar-refractivity contribution in [2.45, 2.75) is 25.1 Å². The van der Waals surface area contributed by atoms with Gasteiger partial charge in [0.05, 0.1) is 22.2 Å². The molecule has 0 bridgehead atoms. The molecule has 0 fully saturated rings. The molecule has 0 aliphatic carbocycles. The fourth-order valence-electron chi connectivity index (χ4n) is 2.64. The quantitative estimate of drug-likeness (QED) is 0.410. The number of fused-ring (bicyclic) bond motifs is 1. The standard InChI is InChI=1S/C19H19N3OS2/c1-12-8-13(2)15(14(3)9-12)10-20-22-18(23)11-24-19-21-16-6-4-5-7-17(16)25-19/h4-10H,11H2,1-3H3,(H,22,23)/b20-10-. The van der Waals surface area contributed by atoms with Crippen LogP contribution >= 0.6 is 23.1 Å². The Morgan fingerprint density at radius 1 is 1.24 bits per heavy atom. The molecule has 0 spiro atoms. The Morgan fingerprint density at radius 3 is 2.68 bits per heavy atom. The van der Waals surface area contributed by atoms with Crippen molar-refractivity contribution in [2.24, 2.45) is 5.10 Å². The van der Waals surface area contributed by atoms with Crippen molar-refractivity contribution in [2.75, 3.05) is 5.75 Å². The van der Waals surface area contributed by atoms with E-state index in [1.807, 2.05) is 38.1 Å². The van der Waals surface area contributed by atoms with Crippen LogP contribution in [0.4, 0.5) is 0 Å². The van der Waals surface area contributed by atoms with Crippen molar-refractivity contribution in [3.63, 3.8) is 0 Å². The van der Waals surface area contributed by atoms with Gasteiger partial charge in [0.25, 0.3) is 5.91 Å². The van der Waals surface area contributed by atoms with Gasteiger partial charge in [-0.1, -0.05) is 41.6 Å². The number of amides is 1. The van der Waals surface area contributed by atoms with Crippen molar-refractivity contribution < 1.29 is 4.79 Å². The number of hydrazone groups is 1. The highest BCUT2D eigenvalue weighted by molar-refractivity contribution is 8.01. The molecule has 0 saturated carbocycles. The van der Waals surface area contributed by atoms with Gasteiger partial charge in [-0.3, -0.25) is 4.79 Å². The number of hydrogen-bond donors (Lipinski definition) is 1. The number of carbonyl (C=O) groups excluding carboxylic acids is 1. The molecule has 3 rings (SSSR count). The molecule has 1 N–H and O–H groups in total. The molecule has 0 saturated heterocycles. The summed E-state index contributed by atoms with van der Waals surface area (Å²) in [7, 11) is 0. The van der Waals surface area contributed by atoms with E-state index in [4.69, 9.17) is 0 Å². The SMILES string of the molecule is Cc1cc(C)c(/C=N\NC(=O)CSc2nc3ccccc3s2)c(C)c1. The van der Waals surface area contributed by atoms with E-state index in [1.165, 1.54) is 17.3 Å². The van der Waals surface area contributed by atoms with E-state index in [9.17, 15) is 4.79 Å². The Balaban J connectivity index is 1.56. The van der Waals surface area contributed by atoms with E-state index in [1.54, 1.807) is 17.6 Å². The first-order chi connectivity index (χ1) is 12.0. The van der Waals surface area contributed by atoms with Gasteiger partial charge in [-0.2, -0.15) is 5.10 Å². The lowest BCUT2D eigenvalue weighted by Gasteiger charge is -2.06. The predicted molar refractivity (Wildman–Crippen MR) is 107 cm³/mol. The summed E-state index contributed by atoms with van der Waals surface area (Å²) in [4.78, 5) is 16.5. The summed E-state index contributed by atoms with van der Waals surface area (Å²) in [6.07, 6.45) is 1.71. The second-order valence-corrected chi connectivity index (χ2v) is 8.09. The normalized spacial score (nSPS) is 11.3. The van der Waals surface area contributed by atoms with E-state index in [0.29, 0.717) is 5.75 Å². The Labute approximate surface area is 155 Å². The molecule has 4 nitrogen and oxygen atoms in total. The number of carbonyl (C=O) groups is 1. The molecule has 0 unspecified atom stereocenters. The number of rotatable bonds is 5. The first-order valence-electron chi connectivity index (χ1n) is 7.91. The van der Waals surface area contributed by atoms with Crippen LogP contribution in [0.15, 0.2) is 45.8 Å². The van der Waals surface area contributed by atoms with Crippen LogP contribution in [0, 0.1) is 20.8 Å². The zero-order valence-electron chi connectivity index (χ0n) is 14.4. The van der Waals surface area contributed by atoms with Crippen LogP contribution in [0.25, 0.3) is 10.2 Å². The number of benzene rings is 2. The summed E-state index contributed by atoms with van der Waals surface area (Å²) in [5.41, 5.74) is 8.14. The third kappa shape index (κ3) is 4.46. The number of nitrogens with zero attached hydrogens (tertiary/aromatic N) is 2. The minimum Gasteiger partial charge on any atom is -0.272 e. The average Bonchev–Trinajstić information content (AvgIpc) is 2.98. The lowest BCUT2D eigenvalue weighted by atomic mass is 10.0. The molecule has 1 heterocycles. The van der Waals surface area contributed by atoms with Crippen molar-refractivity contribution >= 4 is 45.4 Å². The lowest BCUT2D eigenvalue weighted by molar-refractivity contribution is -0.118. The summed E-state index contributed by atoms with van der Waals surface area (Å²) in [5.74, 6) is 0.158. The van der Waals surface area contributed by atoms with Crippen molar-refractivity contribution in [3.05, 3.63) is 58.7 Å². The molecule has 0 aliphatic rings. The molecule has 1 aromatic heterocycles. The number of thiazole rings is 1. The van der Waals surface area contributed by atoms with Gasteiger partial charge in [0.1, 0.15) is 0 Å². The number of nitrogens with one attached hydrogen (secondary N) is 1. The van der Waals surface area contributed by atoms with Gasteiger partial charge in [-0.25, -0.2) is 10.4 Å². The molecule has 128 valence electrons. The molecule has 1 amide bonds. The minimum absolute atomic E-state index is 0.136. The van der Waals surface area contributed by atoms with Crippen LogP contribution < -0.4 is 5.43 Å². The second-order valence-electron chi connectivity index (χ2n) is 5.84. The highest BCUT2D eigenvalue weighted by atomic mass is 32.2. The third-order valence-corrected chi connectivity index (χ3v) is 5.90. The van der Waals surface area contributed by atoms with Crippen LogP contribution in [0.1, 0.15) is 22.3 Å². The van der Waals surface area contributed by atoms with Gasteiger partial charge in [-0.15, -0.1) is 11.3 Å². The first kappa shape index (κ1) is 17.6. The molecular weight excluding hydrogens is 350 g/mol. The van der Waals surface area contributed by atoms with Crippen LogP contribution in [-0.4, -0.2) is 22.9 Å². The summed E-state index contributed by atoms with van der Waals surface area (Å²) in [6.45, 7) is 6.17. The number of para-hydroxylation sites is 1. The summed E-state index contributed by atoms with van der Waals surface area (Å²) in [5, 5.41) is 4.09. The molecule has 0 aliphatic heterocycles. The minimum atomic E-state index is -0.136. The maximum atomic E-state index is 12.0. The van der Waals surface area contributed by atoms with E-state index in [2.05, 4.69) is 34.6 Å². The van der Waals surface area contributed by atoms with Crippen LogP contribution in [0.3, 0.4) is 0 Å². The zero-order chi connectivity index (χ0) is 17.8. The monoisotopic (exact) mass is 369 g/mol. The Bertz CT molecular complexity index is 891. The van der Waals surface area contributed by atoms with Gasteiger partial charge < -0.3 is 0 Å². The van der Waals surface area contributed by atoms with Gasteiger partial charge in [0.2, 0.25) is 0 Å². The zero-order valence-corrected chi connectivity index (χ0v) is 16.0. The number of aromatic nitrogens is 1. The number of thioether (sulfide) groups is 1. The molecular formula is C19H19N3OS2. The molecule has 25 heavy (non-hydrogen) atoms. The topological polar surface area (TPSA) is 54.4 Å². The van der Waals surface area contributed by atoms with Crippen molar-refractivity contribution in [1.82, 2.24) is 10.4 Å². The molecule has 2 aromatic carbocycles. The van der Waals surface area contributed by atoms with Gasteiger partial charge in [-0.05, 0) is 44.0 Å². The second kappa shape index (κ2) is 7.80. The summed E-state index contributed by atoms with van der Waals surface area (Å²) in [6, 6.07) is 12.2. The third-order valence-electron chi connectivity index (χ3n) is 3.72. The number of hydrogen-bond acceptors (Lipinski definition) is 5.